The van der Waals surface area contributed by atoms with Crippen LogP contribution in [0.4, 0.5) is 13.2 Å². The van der Waals surface area contributed by atoms with Crippen molar-refractivity contribution < 1.29 is 13.2 Å². The van der Waals surface area contributed by atoms with Crippen LogP contribution in [-0.4, -0.2) is 0 Å². The van der Waals surface area contributed by atoms with Gasteiger partial charge in [-0.2, -0.15) is 0 Å². The molecule has 3 aliphatic rings. The molecule has 3 saturated carbocycles. The minimum Gasteiger partial charge on any atom is -0.204 e. The van der Waals surface area contributed by atoms with E-state index in [1.54, 1.807) is 0 Å². The summed E-state index contributed by atoms with van der Waals surface area (Å²) in [6, 6.07) is 2.41. The molecule has 1 aromatic carbocycles. The Balaban J connectivity index is 1.31. The maximum absolute atomic E-state index is 13.6. The van der Waals surface area contributed by atoms with Crippen LogP contribution in [0.2, 0.25) is 0 Å². The third-order valence-electron chi connectivity index (χ3n) is 8.17. The molecule has 0 amide bonds. The summed E-state index contributed by atoms with van der Waals surface area (Å²) in [5, 5.41) is 0. The van der Waals surface area contributed by atoms with E-state index >= 15 is 0 Å². The quantitative estimate of drug-likeness (QED) is 0.363. The number of benzene rings is 1. The van der Waals surface area contributed by atoms with Gasteiger partial charge in [0.2, 0.25) is 0 Å². The Kier molecular flexibility index (Phi) is 6.18. The Morgan fingerprint density at radius 1 is 0.750 bits per heavy atom. The van der Waals surface area contributed by atoms with E-state index in [2.05, 4.69) is 12.7 Å². The van der Waals surface area contributed by atoms with E-state index in [4.69, 9.17) is 0 Å². The van der Waals surface area contributed by atoms with Crippen LogP contribution in [0.3, 0.4) is 0 Å². The topological polar surface area (TPSA) is 0 Å². The van der Waals surface area contributed by atoms with Crippen molar-refractivity contribution in [2.75, 3.05) is 0 Å². The molecule has 3 fully saturated rings. The lowest BCUT2D eigenvalue weighted by Gasteiger charge is -2.34. The Labute approximate surface area is 167 Å². The van der Waals surface area contributed by atoms with Gasteiger partial charge < -0.3 is 0 Å². The second-order valence-electron chi connectivity index (χ2n) is 9.71. The van der Waals surface area contributed by atoms with E-state index in [1.807, 2.05) is 0 Å². The largest absolute Gasteiger partial charge is 0.204 e. The molecule has 28 heavy (non-hydrogen) atoms. The lowest BCUT2D eigenvalue weighted by Crippen LogP contribution is -2.21. The average molecular weight is 391 g/mol. The second-order valence-corrected chi connectivity index (χ2v) is 9.71. The summed E-state index contributed by atoms with van der Waals surface area (Å²) in [7, 11) is 0. The summed E-state index contributed by atoms with van der Waals surface area (Å²) in [4.78, 5) is 0. The van der Waals surface area contributed by atoms with E-state index in [0.29, 0.717) is 5.56 Å². The molecule has 0 spiro atoms. The smallest absolute Gasteiger partial charge is 0.194 e. The van der Waals surface area contributed by atoms with Gasteiger partial charge in [-0.15, -0.1) is 6.58 Å². The minimum absolute atomic E-state index is 0.172. The molecule has 0 bridgehead atoms. The molecule has 3 aliphatic carbocycles. The van der Waals surface area contributed by atoms with Crippen LogP contribution >= 0.6 is 0 Å². The van der Waals surface area contributed by atoms with E-state index < -0.39 is 17.5 Å². The predicted molar refractivity (Wildman–Crippen MR) is 107 cm³/mol. The van der Waals surface area contributed by atoms with Crippen LogP contribution in [0.15, 0.2) is 24.8 Å². The fourth-order valence-corrected chi connectivity index (χ4v) is 6.68. The van der Waals surface area contributed by atoms with Crippen LogP contribution in [0.1, 0.15) is 82.1 Å². The molecule has 154 valence electrons. The van der Waals surface area contributed by atoms with Gasteiger partial charge in [0.05, 0.1) is 0 Å². The van der Waals surface area contributed by atoms with E-state index in [0.717, 1.165) is 55.3 Å². The van der Waals surface area contributed by atoms with Crippen molar-refractivity contribution in [3.05, 3.63) is 47.8 Å². The maximum Gasteiger partial charge on any atom is 0.194 e. The third-order valence-corrected chi connectivity index (χ3v) is 8.17. The van der Waals surface area contributed by atoms with Gasteiger partial charge in [-0.05, 0) is 124 Å². The normalized spacial score (nSPS) is 36.0. The van der Waals surface area contributed by atoms with Gasteiger partial charge in [0.25, 0.3) is 0 Å². The summed E-state index contributed by atoms with van der Waals surface area (Å²) in [6.07, 6.45) is 15.8. The summed E-state index contributed by atoms with van der Waals surface area (Å²) < 4.78 is 40.4. The molecule has 2 atom stereocenters. The van der Waals surface area contributed by atoms with E-state index in [9.17, 15) is 13.2 Å². The lowest BCUT2D eigenvalue weighted by atomic mass is 9.71. The Morgan fingerprint density at radius 2 is 1.21 bits per heavy atom. The van der Waals surface area contributed by atoms with Gasteiger partial charge in [-0.3, -0.25) is 0 Å². The highest BCUT2D eigenvalue weighted by atomic mass is 19.2. The molecule has 0 N–H and O–H groups in total. The van der Waals surface area contributed by atoms with Crippen LogP contribution in [0.5, 0.6) is 0 Å². The van der Waals surface area contributed by atoms with Crippen molar-refractivity contribution in [2.45, 2.75) is 76.5 Å². The number of hydrogen-bond donors (Lipinski definition) is 0. The lowest BCUT2D eigenvalue weighted by molar-refractivity contribution is 0.209. The summed E-state index contributed by atoms with van der Waals surface area (Å²) in [6.45, 7) is 3.91. The zero-order valence-corrected chi connectivity index (χ0v) is 16.8. The van der Waals surface area contributed by atoms with E-state index in [1.165, 1.54) is 57.1 Å². The summed E-state index contributed by atoms with van der Waals surface area (Å²) >= 11 is 0. The van der Waals surface area contributed by atoms with Gasteiger partial charge in [-0.25, -0.2) is 13.2 Å². The Bertz CT molecular complexity index is 650. The standard InChI is InChI=1S/C25H33F3/c1-2-3-16-12-20-10-8-18(9-11-21(20)13-16)17-4-6-19(7-5-17)22-14-23(26)25(28)24(27)15-22/h2,14-21H,1,3-13H2. The molecule has 0 aromatic heterocycles. The number of rotatable bonds is 4. The fourth-order valence-electron chi connectivity index (χ4n) is 6.68. The van der Waals surface area contributed by atoms with Crippen molar-refractivity contribution in [3.63, 3.8) is 0 Å². The van der Waals surface area contributed by atoms with Gasteiger partial charge in [0, 0.05) is 0 Å². The van der Waals surface area contributed by atoms with Gasteiger partial charge in [-0.1, -0.05) is 6.08 Å². The highest BCUT2D eigenvalue weighted by Crippen LogP contribution is 2.49. The molecule has 0 nitrogen and oxygen atoms in total. The molecule has 4 rings (SSSR count). The fraction of sp³-hybridized carbons (Fsp3) is 0.680. The van der Waals surface area contributed by atoms with Crippen LogP contribution in [-0.2, 0) is 0 Å². The first kappa shape index (κ1) is 20.0. The molecular formula is C25H33F3. The van der Waals surface area contributed by atoms with Crippen molar-refractivity contribution in [1.29, 1.82) is 0 Å². The Morgan fingerprint density at radius 3 is 1.71 bits per heavy atom. The van der Waals surface area contributed by atoms with Gasteiger partial charge >= 0.3 is 0 Å². The molecule has 0 radical (unpaired) electrons. The number of hydrogen-bond acceptors (Lipinski definition) is 0. The average Bonchev–Trinajstić information content (AvgIpc) is 2.97. The molecular weight excluding hydrogens is 357 g/mol. The first-order valence-electron chi connectivity index (χ1n) is 11.3. The summed E-state index contributed by atoms with van der Waals surface area (Å²) in [5.41, 5.74) is 0.638. The zero-order chi connectivity index (χ0) is 19.7. The highest BCUT2D eigenvalue weighted by Gasteiger charge is 2.38. The van der Waals surface area contributed by atoms with Crippen molar-refractivity contribution >= 4 is 0 Å². The zero-order valence-electron chi connectivity index (χ0n) is 16.8. The van der Waals surface area contributed by atoms with Crippen LogP contribution in [0.25, 0.3) is 0 Å². The van der Waals surface area contributed by atoms with Gasteiger partial charge in [0.1, 0.15) is 0 Å². The van der Waals surface area contributed by atoms with Gasteiger partial charge in [0.15, 0.2) is 17.5 Å². The highest BCUT2D eigenvalue weighted by molar-refractivity contribution is 5.23. The number of allylic oxidation sites excluding steroid dienone is 1. The first-order chi connectivity index (χ1) is 13.5. The Hall–Kier alpha value is -1.25. The molecule has 2 unspecified atom stereocenters. The maximum atomic E-state index is 13.6. The number of halogens is 3. The second kappa shape index (κ2) is 8.63. The molecule has 0 aliphatic heterocycles. The summed E-state index contributed by atoms with van der Waals surface area (Å²) in [5.74, 6) is 1.02. The SMILES string of the molecule is C=CCC1CC2CCC(C3CCC(c4cc(F)c(F)c(F)c4)CC3)CCC2C1. The molecule has 3 heteroatoms. The molecule has 1 aromatic rings. The van der Waals surface area contributed by atoms with Crippen LogP contribution in [0, 0.1) is 47.0 Å². The molecule has 0 saturated heterocycles. The van der Waals surface area contributed by atoms with Crippen LogP contribution < -0.4 is 0 Å². The molecule has 0 heterocycles. The van der Waals surface area contributed by atoms with Crippen molar-refractivity contribution in [2.24, 2.45) is 29.6 Å². The monoisotopic (exact) mass is 390 g/mol. The van der Waals surface area contributed by atoms with E-state index in [-0.39, 0.29) is 5.92 Å². The first-order valence-corrected chi connectivity index (χ1v) is 11.3. The predicted octanol–water partition coefficient (Wildman–Crippen LogP) is 7.79. The third kappa shape index (κ3) is 4.19. The van der Waals surface area contributed by atoms with Crippen molar-refractivity contribution in [3.8, 4) is 0 Å². The van der Waals surface area contributed by atoms with Crippen molar-refractivity contribution in [1.82, 2.24) is 0 Å². The minimum atomic E-state index is -1.35. The number of fused-ring (bicyclic) bond motifs is 1.